The Bertz CT molecular complexity index is 347. The molecule has 0 fully saturated rings. The van der Waals surface area contributed by atoms with Gasteiger partial charge in [-0.25, -0.2) is 0 Å². The molecule has 0 amide bonds. The van der Waals surface area contributed by atoms with Crippen LogP contribution < -0.4 is 5.73 Å². The van der Waals surface area contributed by atoms with E-state index in [-0.39, 0.29) is 5.78 Å². The first-order valence-electron chi connectivity index (χ1n) is 5.17. The standard InChI is InChI=1S/C11H19N3O/c1-8(2)14-6-5-9(13-14)7-10(15)11(3,4)12/h5-6,8H,7,12H2,1-4H3. The lowest BCUT2D eigenvalue weighted by atomic mass is 9.97. The van der Waals surface area contributed by atoms with Crippen LogP contribution in [0.15, 0.2) is 12.3 Å². The molecule has 1 aromatic rings. The molecule has 0 bridgehead atoms. The van der Waals surface area contributed by atoms with Crippen molar-refractivity contribution in [3.8, 4) is 0 Å². The molecule has 0 radical (unpaired) electrons. The van der Waals surface area contributed by atoms with E-state index in [9.17, 15) is 4.79 Å². The first-order chi connectivity index (χ1) is 6.80. The highest BCUT2D eigenvalue weighted by molar-refractivity contribution is 5.88. The van der Waals surface area contributed by atoms with Crippen LogP contribution in [0.1, 0.15) is 39.4 Å². The largest absolute Gasteiger partial charge is 0.319 e. The lowest BCUT2D eigenvalue weighted by Gasteiger charge is -2.15. The summed E-state index contributed by atoms with van der Waals surface area (Å²) < 4.78 is 1.84. The quantitative estimate of drug-likeness (QED) is 0.813. The molecule has 0 aliphatic rings. The Morgan fingerprint density at radius 2 is 2.20 bits per heavy atom. The topological polar surface area (TPSA) is 60.9 Å². The van der Waals surface area contributed by atoms with E-state index in [4.69, 9.17) is 5.73 Å². The van der Waals surface area contributed by atoms with Crippen molar-refractivity contribution < 1.29 is 4.79 Å². The Hall–Kier alpha value is -1.16. The van der Waals surface area contributed by atoms with Crippen molar-refractivity contribution in [2.45, 2.75) is 45.7 Å². The Morgan fingerprint density at radius 1 is 1.60 bits per heavy atom. The van der Waals surface area contributed by atoms with Crippen molar-refractivity contribution in [2.75, 3.05) is 0 Å². The van der Waals surface area contributed by atoms with E-state index in [2.05, 4.69) is 5.10 Å². The summed E-state index contributed by atoms with van der Waals surface area (Å²) in [6.45, 7) is 7.53. The second-order valence-electron chi connectivity index (χ2n) is 4.70. The maximum Gasteiger partial charge on any atom is 0.158 e. The molecule has 0 spiro atoms. The summed E-state index contributed by atoms with van der Waals surface area (Å²) in [5.74, 6) is 0.0107. The molecule has 0 saturated heterocycles. The molecular weight excluding hydrogens is 190 g/mol. The number of nitrogens with two attached hydrogens (primary N) is 1. The number of ketones is 1. The van der Waals surface area contributed by atoms with Crippen molar-refractivity contribution >= 4 is 5.78 Å². The second-order valence-corrected chi connectivity index (χ2v) is 4.70. The van der Waals surface area contributed by atoms with Gasteiger partial charge in [-0.1, -0.05) is 0 Å². The number of carbonyl (C=O) groups excluding carboxylic acids is 1. The highest BCUT2D eigenvalue weighted by Gasteiger charge is 2.22. The predicted octanol–water partition coefficient (Wildman–Crippen LogP) is 1.31. The van der Waals surface area contributed by atoms with E-state index < -0.39 is 5.54 Å². The molecule has 84 valence electrons. The van der Waals surface area contributed by atoms with Gasteiger partial charge in [0.05, 0.1) is 17.7 Å². The minimum Gasteiger partial charge on any atom is -0.319 e. The Morgan fingerprint density at radius 3 is 2.60 bits per heavy atom. The van der Waals surface area contributed by atoms with Crippen LogP contribution in [0.5, 0.6) is 0 Å². The molecule has 2 N–H and O–H groups in total. The molecule has 0 aromatic carbocycles. The Balaban J connectivity index is 2.70. The fourth-order valence-electron chi connectivity index (χ4n) is 1.15. The lowest BCUT2D eigenvalue weighted by Crippen LogP contribution is -2.42. The smallest absolute Gasteiger partial charge is 0.158 e. The molecule has 1 heterocycles. The maximum atomic E-state index is 11.6. The third-order valence-electron chi connectivity index (χ3n) is 2.25. The second kappa shape index (κ2) is 4.14. The van der Waals surface area contributed by atoms with Gasteiger partial charge in [0.25, 0.3) is 0 Å². The zero-order chi connectivity index (χ0) is 11.6. The van der Waals surface area contributed by atoms with E-state index >= 15 is 0 Å². The number of hydrogen-bond donors (Lipinski definition) is 1. The van der Waals surface area contributed by atoms with Gasteiger partial charge in [0.2, 0.25) is 0 Å². The summed E-state index contributed by atoms with van der Waals surface area (Å²) in [4.78, 5) is 11.6. The fourth-order valence-corrected chi connectivity index (χ4v) is 1.15. The number of Topliss-reactive ketones (excluding diaryl/α,β-unsaturated/α-hetero) is 1. The number of carbonyl (C=O) groups is 1. The molecule has 1 rings (SSSR count). The minimum atomic E-state index is -0.776. The summed E-state index contributed by atoms with van der Waals surface area (Å²) in [6, 6.07) is 2.18. The van der Waals surface area contributed by atoms with Crippen LogP contribution in [-0.4, -0.2) is 21.1 Å². The minimum absolute atomic E-state index is 0.0107. The average molecular weight is 209 g/mol. The molecule has 0 aliphatic carbocycles. The van der Waals surface area contributed by atoms with E-state index in [0.29, 0.717) is 12.5 Å². The highest BCUT2D eigenvalue weighted by atomic mass is 16.1. The number of nitrogens with zero attached hydrogens (tertiary/aromatic N) is 2. The van der Waals surface area contributed by atoms with E-state index in [1.54, 1.807) is 13.8 Å². The van der Waals surface area contributed by atoms with Crippen molar-refractivity contribution in [3.05, 3.63) is 18.0 Å². The maximum absolute atomic E-state index is 11.6. The molecule has 1 aromatic heterocycles. The van der Waals surface area contributed by atoms with Gasteiger partial charge >= 0.3 is 0 Å². The summed E-state index contributed by atoms with van der Waals surface area (Å²) in [7, 11) is 0. The van der Waals surface area contributed by atoms with Crippen LogP contribution in [0.2, 0.25) is 0 Å². The summed E-state index contributed by atoms with van der Waals surface area (Å²) >= 11 is 0. The van der Waals surface area contributed by atoms with Gasteiger partial charge < -0.3 is 5.73 Å². The third-order valence-corrected chi connectivity index (χ3v) is 2.25. The average Bonchev–Trinajstić information content (AvgIpc) is 2.50. The first kappa shape index (κ1) is 11.9. The summed E-state index contributed by atoms with van der Waals surface area (Å²) in [5, 5.41) is 4.30. The molecule has 0 aliphatic heterocycles. The number of rotatable bonds is 4. The van der Waals surface area contributed by atoms with Crippen LogP contribution in [0, 0.1) is 0 Å². The van der Waals surface area contributed by atoms with Crippen molar-refractivity contribution in [1.29, 1.82) is 0 Å². The Labute approximate surface area is 90.5 Å². The van der Waals surface area contributed by atoms with E-state index in [1.165, 1.54) is 0 Å². The molecule has 4 nitrogen and oxygen atoms in total. The van der Waals surface area contributed by atoms with Crippen molar-refractivity contribution in [1.82, 2.24) is 9.78 Å². The predicted molar refractivity (Wildman–Crippen MR) is 59.6 cm³/mol. The Kier molecular flexibility index (Phi) is 3.29. The normalized spacial score (nSPS) is 12.1. The number of hydrogen-bond acceptors (Lipinski definition) is 3. The number of aromatic nitrogens is 2. The molecule has 0 saturated carbocycles. The van der Waals surface area contributed by atoms with Gasteiger partial charge in [0.15, 0.2) is 5.78 Å². The van der Waals surface area contributed by atoms with Crippen LogP contribution in [-0.2, 0) is 11.2 Å². The van der Waals surface area contributed by atoms with Crippen LogP contribution in [0.3, 0.4) is 0 Å². The van der Waals surface area contributed by atoms with Gasteiger partial charge in [-0.05, 0) is 33.8 Å². The van der Waals surface area contributed by atoms with Gasteiger partial charge in [0.1, 0.15) is 0 Å². The van der Waals surface area contributed by atoms with Crippen LogP contribution in [0.4, 0.5) is 0 Å². The molecule has 4 heteroatoms. The molecule has 0 unspecified atom stereocenters. The van der Waals surface area contributed by atoms with Crippen molar-refractivity contribution in [2.24, 2.45) is 5.73 Å². The zero-order valence-electron chi connectivity index (χ0n) is 9.82. The van der Waals surface area contributed by atoms with Crippen LogP contribution >= 0.6 is 0 Å². The molecule has 0 atom stereocenters. The molecule has 15 heavy (non-hydrogen) atoms. The summed E-state index contributed by atoms with van der Waals surface area (Å²) in [6.07, 6.45) is 2.19. The summed E-state index contributed by atoms with van der Waals surface area (Å²) in [5.41, 5.74) is 5.72. The first-order valence-corrected chi connectivity index (χ1v) is 5.17. The van der Waals surface area contributed by atoms with Crippen LogP contribution in [0.25, 0.3) is 0 Å². The molecular formula is C11H19N3O. The van der Waals surface area contributed by atoms with Gasteiger partial charge in [0, 0.05) is 12.2 Å². The highest BCUT2D eigenvalue weighted by Crippen LogP contribution is 2.08. The van der Waals surface area contributed by atoms with Gasteiger partial charge in [-0.2, -0.15) is 5.10 Å². The third kappa shape index (κ3) is 3.16. The lowest BCUT2D eigenvalue weighted by molar-refractivity contribution is -0.122. The van der Waals surface area contributed by atoms with Gasteiger partial charge in [-0.15, -0.1) is 0 Å². The fraction of sp³-hybridized carbons (Fsp3) is 0.636. The van der Waals surface area contributed by atoms with Gasteiger partial charge in [-0.3, -0.25) is 9.48 Å². The van der Waals surface area contributed by atoms with E-state index in [1.807, 2.05) is 30.8 Å². The van der Waals surface area contributed by atoms with Crippen molar-refractivity contribution in [3.63, 3.8) is 0 Å². The SMILES string of the molecule is CC(C)n1ccc(CC(=O)C(C)(C)N)n1. The van der Waals surface area contributed by atoms with E-state index in [0.717, 1.165) is 5.69 Å². The monoisotopic (exact) mass is 209 g/mol. The zero-order valence-corrected chi connectivity index (χ0v) is 9.82.